The second kappa shape index (κ2) is 6.19. The highest BCUT2D eigenvalue weighted by molar-refractivity contribution is 5.32. The van der Waals surface area contributed by atoms with E-state index in [4.69, 9.17) is 9.90 Å². The summed E-state index contributed by atoms with van der Waals surface area (Å²) < 4.78 is 0. The van der Waals surface area contributed by atoms with Crippen LogP contribution in [0.4, 0.5) is 0 Å². The Bertz CT molecular complexity index is 250. The highest BCUT2D eigenvalue weighted by Gasteiger charge is 2.15. The minimum atomic E-state index is -0.250. The zero-order valence-electron chi connectivity index (χ0n) is 8.23. The van der Waals surface area contributed by atoms with Crippen LogP contribution in [0.5, 0.6) is 0 Å². The number of rotatable bonds is 1. The first-order valence-electron chi connectivity index (χ1n) is 5.01. The highest BCUT2D eigenvalue weighted by Crippen LogP contribution is 2.33. The molecule has 1 saturated carbocycles. The Morgan fingerprint density at radius 1 is 1.14 bits per heavy atom. The van der Waals surface area contributed by atoms with Crippen LogP contribution in [0.1, 0.15) is 37.2 Å². The molecule has 0 saturated heterocycles. The molecule has 1 fully saturated rings. The average molecular weight is 192 g/mol. The molecule has 1 N–H and O–H groups in total. The van der Waals surface area contributed by atoms with Gasteiger partial charge in [-0.1, -0.05) is 43.2 Å². The summed E-state index contributed by atoms with van der Waals surface area (Å²) in [5, 5.41) is 6.89. The molecule has 0 unspecified atom stereocenters. The number of benzene rings is 1. The fourth-order valence-electron chi connectivity index (χ4n) is 1.98. The Morgan fingerprint density at radius 3 is 2.14 bits per heavy atom. The molecule has 0 aliphatic heterocycles. The summed E-state index contributed by atoms with van der Waals surface area (Å²) in [6.07, 6.45) is 5.67. The molecule has 0 radical (unpaired) electrons. The van der Waals surface area contributed by atoms with E-state index in [1.165, 1.54) is 25.7 Å². The molecule has 0 bridgehead atoms. The van der Waals surface area contributed by atoms with E-state index in [9.17, 15) is 0 Å². The molecule has 1 aliphatic rings. The number of hydrogen-bond donors (Lipinski definition) is 1. The van der Waals surface area contributed by atoms with Crippen LogP contribution >= 0.6 is 0 Å². The molecule has 2 heteroatoms. The summed E-state index contributed by atoms with van der Waals surface area (Å²) in [5.74, 6) is 0.871. The van der Waals surface area contributed by atoms with Gasteiger partial charge in [0.25, 0.3) is 6.47 Å². The lowest BCUT2D eigenvalue weighted by molar-refractivity contribution is -0.122. The predicted molar refractivity (Wildman–Crippen MR) is 56.3 cm³/mol. The van der Waals surface area contributed by atoms with Crippen molar-refractivity contribution >= 4 is 6.47 Å². The summed E-state index contributed by atoms with van der Waals surface area (Å²) in [4.78, 5) is 8.36. The van der Waals surface area contributed by atoms with Gasteiger partial charge < -0.3 is 5.11 Å². The lowest BCUT2D eigenvalue weighted by Gasteiger charge is -2.07. The summed E-state index contributed by atoms with van der Waals surface area (Å²) >= 11 is 0. The molecule has 2 nitrogen and oxygen atoms in total. The van der Waals surface area contributed by atoms with Gasteiger partial charge in [0.05, 0.1) is 0 Å². The number of carboxylic acid groups (broad SMARTS) is 1. The van der Waals surface area contributed by atoms with E-state index in [0.717, 1.165) is 5.92 Å². The standard InChI is InChI=1S/C11H14.CH2O2/c1-2-6-10(7-3-1)11-8-4-5-9-11;2-1-3/h1-3,6-7,11H,4-5,8-9H2;1H,(H,2,3). The predicted octanol–water partition coefficient (Wildman–Crippen LogP) is 3.05. The molecule has 76 valence electrons. The molecule has 2 rings (SSSR count). The molecule has 0 spiro atoms. The van der Waals surface area contributed by atoms with Crippen LogP contribution in [0.2, 0.25) is 0 Å². The maximum atomic E-state index is 8.36. The highest BCUT2D eigenvalue weighted by atomic mass is 16.3. The minimum Gasteiger partial charge on any atom is -0.483 e. The molecule has 1 aliphatic carbocycles. The van der Waals surface area contributed by atoms with E-state index in [-0.39, 0.29) is 6.47 Å². The Labute approximate surface area is 84.6 Å². The lowest BCUT2D eigenvalue weighted by atomic mass is 9.98. The van der Waals surface area contributed by atoms with Crippen LogP contribution in [0.15, 0.2) is 30.3 Å². The third kappa shape index (κ3) is 3.21. The first-order chi connectivity index (χ1) is 6.88. The summed E-state index contributed by atoms with van der Waals surface area (Å²) in [7, 11) is 0. The second-order valence-electron chi connectivity index (χ2n) is 3.50. The third-order valence-electron chi connectivity index (χ3n) is 2.63. The molecule has 0 aromatic heterocycles. The van der Waals surface area contributed by atoms with Crippen LogP contribution in [-0.4, -0.2) is 11.6 Å². The SMILES string of the molecule is O=CO.c1ccc(C2CCCC2)cc1. The summed E-state index contributed by atoms with van der Waals surface area (Å²) in [5.41, 5.74) is 1.55. The Hall–Kier alpha value is -1.31. The van der Waals surface area contributed by atoms with E-state index in [1.807, 2.05) is 0 Å². The van der Waals surface area contributed by atoms with Crippen molar-refractivity contribution in [3.63, 3.8) is 0 Å². The van der Waals surface area contributed by atoms with E-state index >= 15 is 0 Å². The molecule has 0 atom stereocenters. The van der Waals surface area contributed by atoms with Crippen molar-refractivity contribution in [1.29, 1.82) is 0 Å². The Morgan fingerprint density at radius 2 is 1.64 bits per heavy atom. The second-order valence-corrected chi connectivity index (χ2v) is 3.50. The van der Waals surface area contributed by atoms with Gasteiger partial charge in [0.1, 0.15) is 0 Å². The van der Waals surface area contributed by atoms with Crippen LogP contribution in [0.3, 0.4) is 0 Å². The van der Waals surface area contributed by atoms with Gasteiger partial charge in [-0.05, 0) is 24.3 Å². The monoisotopic (exact) mass is 192 g/mol. The number of carbonyl (C=O) groups is 1. The average Bonchev–Trinajstić information content (AvgIpc) is 2.73. The van der Waals surface area contributed by atoms with E-state index in [0.29, 0.717) is 0 Å². The van der Waals surface area contributed by atoms with Crippen LogP contribution in [0.25, 0.3) is 0 Å². The van der Waals surface area contributed by atoms with E-state index in [2.05, 4.69) is 30.3 Å². The van der Waals surface area contributed by atoms with Crippen LogP contribution < -0.4 is 0 Å². The maximum Gasteiger partial charge on any atom is 0.290 e. The van der Waals surface area contributed by atoms with Gasteiger partial charge in [0.2, 0.25) is 0 Å². The first kappa shape index (κ1) is 10.8. The van der Waals surface area contributed by atoms with Crippen molar-refractivity contribution in [2.45, 2.75) is 31.6 Å². The van der Waals surface area contributed by atoms with Crippen molar-refractivity contribution < 1.29 is 9.90 Å². The largest absolute Gasteiger partial charge is 0.483 e. The van der Waals surface area contributed by atoms with Gasteiger partial charge in [0, 0.05) is 0 Å². The molecular weight excluding hydrogens is 176 g/mol. The number of hydrogen-bond acceptors (Lipinski definition) is 1. The third-order valence-corrected chi connectivity index (χ3v) is 2.63. The topological polar surface area (TPSA) is 37.3 Å². The lowest BCUT2D eigenvalue weighted by Crippen LogP contribution is -1.89. The van der Waals surface area contributed by atoms with Gasteiger partial charge in [-0.2, -0.15) is 0 Å². The van der Waals surface area contributed by atoms with Gasteiger partial charge in [-0.25, -0.2) is 0 Å². The van der Waals surface area contributed by atoms with Crippen molar-refractivity contribution in [2.24, 2.45) is 0 Å². The maximum absolute atomic E-state index is 8.36. The molecule has 1 aromatic carbocycles. The van der Waals surface area contributed by atoms with Gasteiger partial charge in [-0.3, -0.25) is 4.79 Å². The van der Waals surface area contributed by atoms with Crippen molar-refractivity contribution in [3.05, 3.63) is 35.9 Å². The molecule has 1 aromatic rings. The first-order valence-corrected chi connectivity index (χ1v) is 5.01. The van der Waals surface area contributed by atoms with Crippen molar-refractivity contribution in [3.8, 4) is 0 Å². The van der Waals surface area contributed by atoms with E-state index in [1.54, 1.807) is 5.56 Å². The quantitative estimate of drug-likeness (QED) is 0.694. The van der Waals surface area contributed by atoms with E-state index < -0.39 is 0 Å². The summed E-state index contributed by atoms with van der Waals surface area (Å²) in [6.45, 7) is -0.250. The van der Waals surface area contributed by atoms with Gasteiger partial charge in [-0.15, -0.1) is 0 Å². The normalized spacial score (nSPS) is 15.7. The molecular formula is C12H16O2. The minimum absolute atomic E-state index is 0.250. The zero-order valence-corrected chi connectivity index (χ0v) is 8.23. The Kier molecular flexibility index (Phi) is 4.76. The molecule has 0 heterocycles. The summed E-state index contributed by atoms with van der Waals surface area (Å²) in [6, 6.07) is 10.9. The fraction of sp³-hybridized carbons (Fsp3) is 0.417. The van der Waals surface area contributed by atoms with Crippen LogP contribution in [0, 0.1) is 0 Å². The van der Waals surface area contributed by atoms with Crippen molar-refractivity contribution in [2.75, 3.05) is 0 Å². The fourth-order valence-corrected chi connectivity index (χ4v) is 1.98. The van der Waals surface area contributed by atoms with Crippen LogP contribution in [-0.2, 0) is 4.79 Å². The molecule has 0 amide bonds. The Balaban J connectivity index is 0.000000293. The smallest absolute Gasteiger partial charge is 0.290 e. The van der Waals surface area contributed by atoms with Gasteiger partial charge in [0.15, 0.2) is 0 Å². The van der Waals surface area contributed by atoms with Crippen molar-refractivity contribution in [1.82, 2.24) is 0 Å². The molecule has 14 heavy (non-hydrogen) atoms. The zero-order chi connectivity index (χ0) is 10.2. The van der Waals surface area contributed by atoms with Gasteiger partial charge >= 0.3 is 0 Å².